The van der Waals surface area contributed by atoms with Crippen LogP contribution in [0.2, 0.25) is 0 Å². The predicted octanol–water partition coefficient (Wildman–Crippen LogP) is 6.86. The summed E-state index contributed by atoms with van der Waals surface area (Å²) in [7, 11) is 0. The molecule has 2 saturated carbocycles. The second-order valence-electron chi connectivity index (χ2n) is 6.90. The SMILES string of the molecule is FC(CCC1CCCCC1)=C(F)CCC1CCCCC1. The molecule has 2 aliphatic rings. The Labute approximate surface area is 123 Å². The van der Waals surface area contributed by atoms with Gasteiger partial charge >= 0.3 is 0 Å². The van der Waals surface area contributed by atoms with Crippen molar-refractivity contribution in [2.24, 2.45) is 11.8 Å². The van der Waals surface area contributed by atoms with Crippen LogP contribution in [0.15, 0.2) is 11.7 Å². The van der Waals surface area contributed by atoms with E-state index in [1.165, 1.54) is 64.2 Å². The lowest BCUT2D eigenvalue weighted by Gasteiger charge is -2.21. The molecule has 0 saturated heterocycles. The quantitative estimate of drug-likeness (QED) is 0.500. The van der Waals surface area contributed by atoms with E-state index in [1.807, 2.05) is 0 Å². The van der Waals surface area contributed by atoms with Crippen molar-refractivity contribution in [1.82, 2.24) is 0 Å². The molecule has 0 nitrogen and oxygen atoms in total. The first-order valence-electron chi connectivity index (χ1n) is 8.78. The molecule has 2 heteroatoms. The maximum atomic E-state index is 13.8. The Morgan fingerprint density at radius 3 is 1.30 bits per heavy atom. The van der Waals surface area contributed by atoms with E-state index in [9.17, 15) is 8.78 Å². The van der Waals surface area contributed by atoms with Gasteiger partial charge in [0.15, 0.2) is 0 Å². The molecule has 2 rings (SSSR count). The Kier molecular flexibility index (Phi) is 7.02. The molecular weight excluding hydrogens is 254 g/mol. The summed E-state index contributed by atoms with van der Waals surface area (Å²) in [4.78, 5) is 0. The fourth-order valence-electron chi connectivity index (χ4n) is 3.88. The van der Waals surface area contributed by atoms with Crippen molar-refractivity contribution in [3.63, 3.8) is 0 Å². The molecular formula is C18H30F2. The van der Waals surface area contributed by atoms with Crippen molar-refractivity contribution in [2.45, 2.75) is 89.9 Å². The van der Waals surface area contributed by atoms with Crippen molar-refractivity contribution >= 4 is 0 Å². The van der Waals surface area contributed by atoms with Crippen LogP contribution >= 0.6 is 0 Å². The number of halogens is 2. The Hall–Kier alpha value is -0.400. The van der Waals surface area contributed by atoms with Gasteiger partial charge in [-0.15, -0.1) is 0 Å². The summed E-state index contributed by atoms with van der Waals surface area (Å²) in [6.07, 6.45) is 15.0. The van der Waals surface area contributed by atoms with Gasteiger partial charge in [0.2, 0.25) is 0 Å². The summed E-state index contributed by atoms with van der Waals surface area (Å²) in [6.45, 7) is 0. The second kappa shape index (κ2) is 8.79. The third-order valence-electron chi connectivity index (χ3n) is 5.29. The largest absolute Gasteiger partial charge is 0.209 e. The van der Waals surface area contributed by atoms with Crippen LogP contribution in [0.25, 0.3) is 0 Å². The predicted molar refractivity (Wildman–Crippen MR) is 80.9 cm³/mol. The highest BCUT2D eigenvalue weighted by Crippen LogP contribution is 2.32. The fourth-order valence-corrected chi connectivity index (χ4v) is 3.88. The maximum Gasteiger partial charge on any atom is 0.131 e. The van der Waals surface area contributed by atoms with Gasteiger partial charge in [0.1, 0.15) is 11.7 Å². The molecule has 0 radical (unpaired) electrons. The smallest absolute Gasteiger partial charge is 0.131 e. The van der Waals surface area contributed by atoms with Gasteiger partial charge in [-0.25, -0.2) is 8.78 Å². The van der Waals surface area contributed by atoms with Crippen LogP contribution in [0.5, 0.6) is 0 Å². The van der Waals surface area contributed by atoms with Gasteiger partial charge in [-0.3, -0.25) is 0 Å². The minimum absolute atomic E-state index is 0.334. The summed E-state index contributed by atoms with van der Waals surface area (Å²) >= 11 is 0. The van der Waals surface area contributed by atoms with Crippen LogP contribution in [0.1, 0.15) is 89.9 Å². The van der Waals surface area contributed by atoms with E-state index in [2.05, 4.69) is 0 Å². The molecule has 116 valence electrons. The van der Waals surface area contributed by atoms with E-state index in [0.29, 0.717) is 24.7 Å². The summed E-state index contributed by atoms with van der Waals surface area (Å²) in [6, 6.07) is 0. The minimum atomic E-state index is -0.452. The lowest BCUT2D eigenvalue weighted by Crippen LogP contribution is -2.07. The molecule has 0 amide bonds. The van der Waals surface area contributed by atoms with Crippen molar-refractivity contribution < 1.29 is 8.78 Å². The zero-order valence-electron chi connectivity index (χ0n) is 12.8. The highest BCUT2D eigenvalue weighted by atomic mass is 19.2. The number of hydrogen-bond donors (Lipinski definition) is 0. The molecule has 0 aliphatic heterocycles. The molecule has 0 aromatic rings. The van der Waals surface area contributed by atoms with Crippen molar-refractivity contribution in [1.29, 1.82) is 0 Å². The van der Waals surface area contributed by atoms with Crippen LogP contribution in [0.3, 0.4) is 0 Å². The zero-order valence-corrected chi connectivity index (χ0v) is 12.8. The fraction of sp³-hybridized carbons (Fsp3) is 0.889. The Morgan fingerprint density at radius 1 is 0.600 bits per heavy atom. The molecule has 20 heavy (non-hydrogen) atoms. The van der Waals surface area contributed by atoms with Crippen LogP contribution in [-0.4, -0.2) is 0 Å². The third-order valence-corrected chi connectivity index (χ3v) is 5.29. The molecule has 0 atom stereocenters. The summed E-state index contributed by atoms with van der Waals surface area (Å²) in [5, 5.41) is 0. The molecule has 0 aromatic heterocycles. The van der Waals surface area contributed by atoms with E-state index < -0.39 is 11.7 Å². The Bertz CT molecular complexity index is 267. The first-order chi connectivity index (χ1) is 9.75. The van der Waals surface area contributed by atoms with Gasteiger partial charge in [-0.2, -0.15) is 0 Å². The van der Waals surface area contributed by atoms with Crippen molar-refractivity contribution in [3.05, 3.63) is 11.7 Å². The van der Waals surface area contributed by atoms with Gasteiger partial charge in [-0.1, -0.05) is 64.2 Å². The van der Waals surface area contributed by atoms with E-state index >= 15 is 0 Å². The summed E-state index contributed by atoms with van der Waals surface area (Å²) in [5.74, 6) is 0.374. The summed E-state index contributed by atoms with van der Waals surface area (Å²) < 4.78 is 27.6. The number of rotatable bonds is 6. The first kappa shape index (κ1) is 16.0. The van der Waals surface area contributed by atoms with Crippen LogP contribution in [0.4, 0.5) is 8.78 Å². The Balaban J connectivity index is 1.66. The van der Waals surface area contributed by atoms with Gasteiger partial charge in [0, 0.05) is 12.8 Å². The molecule has 2 aliphatic carbocycles. The van der Waals surface area contributed by atoms with Gasteiger partial charge < -0.3 is 0 Å². The molecule has 0 bridgehead atoms. The maximum absolute atomic E-state index is 13.8. The van der Waals surface area contributed by atoms with Crippen molar-refractivity contribution in [2.75, 3.05) is 0 Å². The average molecular weight is 284 g/mol. The van der Waals surface area contributed by atoms with Crippen molar-refractivity contribution in [3.8, 4) is 0 Å². The van der Waals surface area contributed by atoms with E-state index in [1.54, 1.807) is 0 Å². The standard InChI is InChI=1S/C18H30F2/c19-17(13-11-15-7-3-1-4-8-15)18(20)14-12-16-9-5-2-6-10-16/h15-16H,1-14H2. The topological polar surface area (TPSA) is 0 Å². The number of hydrogen-bond acceptors (Lipinski definition) is 0. The number of allylic oxidation sites excluding steroid dienone is 2. The average Bonchev–Trinajstić information content (AvgIpc) is 2.52. The molecule has 0 unspecified atom stereocenters. The highest BCUT2D eigenvalue weighted by Gasteiger charge is 2.17. The summed E-state index contributed by atoms with van der Waals surface area (Å²) in [5.41, 5.74) is 0. The molecule has 0 heterocycles. The molecule has 0 aromatic carbocycles. The second-order valence-corrected chi connectivity index (χ2v) is 6.90. The lowest BCUT2D eigenvalue weighted by molar-refractivity contribution is 0.318. The first-order valence-corrected chi connectivity index (χ1v) is 8.78. The monoisotopic (exact) mass is 284 g/mol. The van der Waals surface area contributed by atoms with E-state index in [-0.39, 0.29) is 0 Å². The van der Waals surface area contributed by atoms with Crippen LogP contribution in [-0.2, 0) is 0 Å². The Morgan fingerprint density at radius 2 is 0.950 bits per heavy atom. The highest BCUT2D eigenvalue weighted by molar-refractivity contribution is 5.00. The van der Waals surface area contributed by atoms with Crippen LogP contribution in [0, 0.1) is 11.8 Å². The third kappa shape index (κ3) is 5.54. The normalized spacial score (nSPS) is 23.7. The molecule has 0 N–H and O–H groups in total. The molecule has 0 spiro atoms. The van der Waals surface area contributed by atoms with E-state index in [4.69, 9.17) is 0 Å². The van der Waals surface area contributed by atoms with Gasteiger partial charge in [-0.05, 0) is 24.7 Å². The van der Waals surface area contributed by atoms with Gasteiger partial charge in [0.05, 0.1) is 0 Å². The molecule has 2 fully saturated rings. The van der Waals surface area contributed by atoms with Crippen LogP contribution < -0.4 is 0 Å². The zero-order chi connectivity index (χ0) is 14.2. The van der Waals surface area contributed by atoms with Gasteiger partial charge in [0.25, 0.3) is 0 Å². The lowest BCUT2D eigenvalue weighted by atomic mass is 9.85. The minimum Gasteiger partial charge on any atom is -0.209 e. The van der Waals surface area contributed by atoms with E-state index in [0.717, 1.165) is 12.8 Å².